The molecule has 0 bridgehead atoms. The number of benzene rings is 1. The molecule has 0 unspecified atom stereocenters. The van der Waals surface area contributed by atoms with Crippen LogP contribution >= 0.6 is 0 Å². The monoisotopic (exact) mass is 377 g/mol. The minimum atomic E-state index is -4.51. The maximum atomic E-state index is 13.3. The largest absolute Gasteiger partial charge is 0.421 e. The second-order valence-electron chi connectivity index (χ2n) is 6.82. The summed E-state index contributed by atoms with van der Waals surface area (Å²) < 4.78 is 39.9. The number of fused-ring (bicyclic) bond motifs is 1. The van der Waals surface area contributed by atoms with Gasteiger partial charge >= 0.3 is 6.18 Å². The first-order chi connectivity index (χ1) is 12.8. The van der Waals surface area contributed by atoms with Gasteiger partial charge in [-0.2, -0.15) is 18.2 Å². The van der Waals surface area contributed by atoms with Crippen LogP contribution < -0.4 is 15.5 Å². The summed E-state index contributed by atoms with van der Waals surface area (Å²) in [5.74, 6) is -0.0416. The summed E-state index contributed by atoms with van der Waals surface area (Å²) >= 11 is 0. The molecule has 6 nitrogen and oxygen atoms in total. The number of carbonyl (C=O) groups is 1. The number of nitrogens with zero attached hydrogens (tertiary/aromatic N) is 3. The number of aromatic nitrogens is 2. The SMILES string of the molecule is CN(c1nc(Nc2ccc3c(c2)CCC(=O)N3)ncc1C(F)(F)F)C1CC1. The third-order valence-electron chi connectivity index (χ3n) is 4.76. The van der Waals surface area contributed by atoms with Crippen LogP contribution in [0.25, 0.3) is 0 Å². The van der Waals surface area contributed by atoms with Crippen LogP contribution in [-0.4, -0.2) is 29.0 Å². The van der Waals surface area contributed by atoms with Gasteiger partial charge < -0.3 is 15.5 Å². The van der Waals surface area contributed by atoms with Gasteiger partial charge in [0, 0.05) is 37.1 Å². The van der Waals surface area contributed by atoms with E-state index in [4.69, 9.17) is 0 Å². The number of hydrogen-bond acceptors (Lipinski definition) is 5. The van der Waals surface area contributed by atoms with E-state index in [1.165, 1.54) is 0 Å². The Hall–Kier alpha value is -2.84. The first kappa shape index (κ1) is 17.6. The average molecular weight is 377 g/mol. The van der Waals surface area contributed by atoms with E-state index in [2.05, 4.69) is 20.6 Å². The van der Waals surface area contributed by atoms with Crippen LogP contribution in [0.1, 0.15) is 30.4 Å². The Labute approximate surface area is 153 Å². The number of halogens is 3. The van der Waals surface area contributed by atoms with Gasteiger partial charge in [0.2, 0.25) is 11.9 Å². The molecule has 1 aromatic heterocycles. The lowest BCUT2D eigenvalue weighted by molar-refractivity contribution is -0.137. The van der Waals surface area contributed by atoms with Gasteiger partial charge in [-0.05, 0) is 43.0 Å². The van der Waals surface area contributed by atoms with Crippen molar-refractivity contribution in [3.05, 3.63) is 35.5 Å². The molecule has 4 rings (SSSR count). The number of rotatable bonds is 4. The van der Waals surface area contributed by atoms with Gasteiger partial charge in [0.15, 0.2) is 0 Å². The molecule has 0 spiro atoms. The van der Waals surface area contributed by atoms with Crippen molar-refractivity contribution < 1.29 is 18.0 Å². The van der Waals surface area contributed by atoms with E-state index in [9.17, 15) is 18.0 Å². The van der Waals surface area contributed by atoms with Gasteiger partial charge in [0.25, 0.3) is 0 Å². The fourth-order valence-corrected chi connectivity index (χ4v) is 3.13. The van der Waals surface area contributed by atoms with Gasteiger partial charge in [-0.25, -0.2) is 4.98 Å². The second kappa shape index (κ2) is 6.40. The lowest BCUT2D eigenvalue weighted by Gasteiger charge is -2.22. The van der Waals surface area contributed by atoms with Crippen molar-refractivity contribution in [1.29, 1.82) is 0 Å². The maximum Gasteiger partial charge on any atom is 0.421 e. The Morgan fingerprint density at radius 2 is 2.04 bits per heavy atom. The summed E-state index contributed by atoms with van der Waals surface area (Å²) in [5, 5.41) is 5.76. The first-order valence-electron chi connectivity index (χ1n) is 8.68. The minimum Gasteiger partial charge on any atom is -0.356 e. The molecule has 2 aliphatic rings. The van der Waals surface area contributed by atoms with E-state index in [-0.39, 0.29) is 23.7 Å². The molecule has 1 aromatic carbocycles. The summed E-state index contributed by atoms with van der Waals surface area (Å²) in [6.07, 6.45) is -0.957. The molecular formula is C18H18F3N5O. The topological polar surface area (TPSA) is 70.2 Å². The van der Waals surface area contributed by atoms with Crippen LogP contribution in [0.15, 0.2) is 24.4 Å². The molecule has 1 amide bonds. The highest BCUT2D eigenvalue weighted by molar-refractivity contribution is 5.94. The number of hydrogen-bond donors (Lipinski definition) is 2. The maximum absolute atomic E-state index is 13.3. The van der Waals surface area contributed by atoms with Gasteiger partial charge in [-0.15, -0.1) is 0 Å². The Morgan fingerprint density at radius 1 is 1.26 bits per heavy atom. The van der Waals surface area contributed by atoms with E-state index in [0.29, 0.717) is 18.5 Å². The highest BCUT2D eigenvalue weighted by Crippen LogP contribution is 2.39. The Kier molecular flexibility index (Phi) is 4.16. The molecule has 1 aliphatic carbocycles. The predicted octanol–water partition coefficient (Wildman–Crippen LogP) is 3.72. The number of nitrogens with one attached hydrogen (secondary N) is 2. The molecule has 1 saturated carbocycles. The number of alkyl halides is 3. The van der Waals surface area contributed by atoms with E-state index < -0.39 is 11.7 Å². The number of aryl methyl sites for hydroxylation is 1. The summed E-state index contributed by atoms with van der Waals surface area (Å²) in [5.41, 5.74) is 1.53. The van der Waals surface area contributed by atoms with Crippen molar-refractivity contribution in [1.82, 2.24) is 9.97 Å². The molecule has 9 heteroatoms. The number of amides is 1. The van der Waals surface area contributed by atoms with Crippen molar-refractivity contribution in [2.45, 2.75) is 37.9 Å². The van der Waals surface area contributed by atoms with E-state index in [1.54, 1.807) is 24.1 Å². The van der Waals surface area contributed by atoms with Crippen molar-refractivity contribution in [3.63, 3.8) is 0 Å². The average Bonchev–Trinajstić information content (AvgIpc) is 3.45. The van der Waals surface area contributed by atoms with Crippen LogP contribution in [0.4, 0.5) is 36.3 Å². The lowest BCUT2D eigenvalue weighted by Crippen LogP contribution is -2.25. The molecule has 142 valence electrons. The lowest BCUT2D eigenvalue weighted by atomic mass is 10.0. The minimum absolute atomic E-state index is 0.0259. The van der Waals surface area contributed by atoms with Crippen molar-refractivity contribution >= 4 is 29.0 Å². The highest BCUT2D eigenvalue weighted by Gasteiger charge is 2.39. The van der Waals surface area contributed by atoms with Crippen LogP contribution in [0.3, 0.4) is 0 Å². The van der Waals surface area contributed by atoms with Gasteiger partial charge in [0.1, 0.15) is 11.4 Å². The van der Waals surface area contributed by atoms with Gasteiger partial charge in [-0.1, -0.05) is 0 Å². The molecular weight excluding hydrogens is 359 g/mol. The summed E-state index contributed by atoms with van der Waals surface area (Å²) in [6, 6.07) is 5.42. The summed E-state index contributed by atoms with van der Waals surface area (Å²) in [7, 11) is 1.63. The van der Waals surface area contributed by atoms with Crippen molar-refractivity contribution in [3.8, 4) is 0 Å². The standard InChI is InChI=1S/C18H18F3N5O/c1-26(12-4-5-12)16-13(18(19,20)21)9-22-17(25-16)23-11-3-6-14-10(8-11)2-7-15(27)24-14/h3,6,8-9,12H,2,4-5,7H2,1H3,(H,24,27)(H,22,23,25). The van der Waals surface area contributed by atoms with Crippen molar-refractivity contribution in [2.75, 3.05) is 22.6 Å². The Balaban J connectivity index is 1.62. The van der Waals surface area contributed by atoms with Crippen LogP contribution in [0, 0.1) is 0 Å². The van der Waals surface area contributed by atoms with Gasteiger partial charge in [-0.3, -0.25) is 4.79 Å². The first-order valence-corrected chi connectivity index (χ1v) is 8.68. The Morgan fingerprint density at radius 3 is 2.74 bits per heavy atom. The predicted molar refractivity (Wildman–Crippen MR) is 95.1 cm³/mol. The quantitative estimate of drug-likeness (QED) is 0.850. The normalized spacial score (nSPS) is 16.5. The molecule has 2 heterocycles. The molecule has 0 atom stereocenters. The number of anilines is 4. The third-order valence-corrected chi connectivity index (χ3v) is 4.76. The Bertz CT molecular complexity index is 895. The molecule has 27 heavy (non-hydrogen) atoms. The molecule has 1 fully saturated rings. The molecule has 2 N–H and O–H groups in total. The van der Waals surface area contributed by atoms with Crippen LogP contribution in [0.2, 0.25) is 0 Å². The fraction of sp³-hybridized carbons (Fsp3) is 0.389. The molecule has 0 saturated heterocycles. The van der Waals surface area contributed by atoms with Crippen LogP contribution in [0.5, 0.6) is 0 Å². The van der Waals surface area contributed by atoms with Gasteiger partial charge in [0.05, 0.1) is 0 Å². The second-order valence-corrected chi connectivity index (χ2v) is 6.82. The molecule has 1 aliphatic heterocycles. The highest BCUT2D eigenvalue weighted by atomic mass is 19.4. The zero-order valence-electron chi connectivity index (χ0n) is 14.6. The van der Waals surface area contributed by atoms with E-state index in [1.807, 2.05) is 6.07 Å². The molecule has 2 aromatic rings. The smallest absolute Gasteiger partial charge is 0.356 e. The third kappa shape index (κ3) is 3.67. The van der Waals surface area contributed by atoms with E-state index in [0.717, 1.165) is 30.3 Å². The summed E-state index contributed by atoms with van der Waals surface area (Å²) in [6.45, 7) is 0. The molecule has 0 radical (unpaired) electrons. The van der Waals surface area contributed by atoms with E-state index >= 15 is 0 Å². The van der Waals surface area contributed by atoms with Crippen LogP contribution in [-0.2, 0) is 17.4 Å². The zero-order chi connectivity index (χ0) is 19.2. The number of carbonyl (C=O) groups excluding carboxylic acids is 1. The van der Waals surface area contributed by atoms with Crippen molar-refractivity contribution in [2.24, 2.45) is 0 Å². The fourth-order valence-electron chi connectivity index (χ4n) is 3.13. The zero-order valence-corrected chi connectivity index (χ0v) is 14.6. The summed E-state index contributed by atoms with van der Waals surface area (Å²) in [4.78, 5) is 21.0.